The van der Waals surface area contributed by atoms with Crippen molar-refractivity contribution in [3.05, 3.63) is 36.2 Å². The average Bonchev–Trinajstić information content (AvgIpc) is 3.20. The summed E-state index contributed by atoms with van der Waals surface area (Å²) in [6.45, 7) is -0.999. The minimum Gasteiger partial charge on any atom is -0.480 e. The molecule has 1 aromatic carbocycles. The first-order valence-corrected chi connectivity index (χ1v) is 11.6. The van der Waals surface area contributed by atoms with Crippen LogP contribution in [0.5, 0.6) is 0 Å². The number of carboxylic acid groups (broad SMARTS) is 1. The van der Waals surface area contributed by atoms with Crippen molar-refractivity contribution in [2.45, 2.75) is 47.8 Å². The molecule has 1 saturated heterocycles. The highest BCUT2D eigenvalue weighted by Crippen LogP contribution is 2.59. The molecule has 16 heteroatoms. The molecule has 1 aromatic heterocycles. The Balaban J connectivity index is 1.77. The van der Waals surface area contributed by atoms with Gasteiger partial charge in [-0.05, 0) is 31.4 Å². The first-order valence-electron chi connectivity index (χ1n) is 10.0. The van der Waals surface area contributed by atoms with E-state index in [1.807, 2.05) is 0 Å². The van der Waals surface area contributed by atoms with Crippen LogP contribution >= 0.6 is 0 Å². The van der Waals surface area contributed by atoms with Crippen LogP contribution in [0.2, 0.25) is 0 Å². The maximum absolute atomic E-state index is 14.0. The number of carboxylic acids is 1. The fourth-order valence-corrected chi connectivity index (χ4v) is 6.17. The van der Waals surface area contributed by atoms with Crippen LogP contribution in [0.1, 0.15) is 24.8 Å². The van der Waals surface area contributed by atoms with E-state index in [0.29, 0.717) is 15.6 Å². The number of rotatable bonds is 5. The van der Waals surface area contributed by atoms with Gasteiger partial charge < -0.3 is 10.0 Å². The van der Waals surface area contributed by atoms with E-state index in [4.69, 9.17) is 0 Å². The van der Waals surface area contributed by atoms with Gasteiger partial charge in [-0.3, -0.25) is 4.79 Å². The molecular formula is C19H16F6N4O5S. The number of halogens is 6. The van der Waals surface area contributed by atoms with Gasteiger partial charge >= 0.3 is 18.3 Å². The Morgan fingerprint density at radius 3 is 2.26 bits per heavy atom. The van der Waals surface area contributed by atoms with E-state index >= 15 is 0 Å². The zero-order valence-electron chi connectivity index (χ0n) is 17.4. The molecule has 2 atom stereocenters. The van der Waals surface area contributed by atoms with Crippen LogP contribution in [0, 0.1) is 5.41 Å². The number of nitrogens with zero attached hydrogens (tertiary/aromatic N) is 4. The SMILES string of the molecule is O=C(O)[C@@H]1C[C@@H](S(=O)(=O)c2cccc(-n3ccnn3)c2C(F)(F)F)CN1C(=O)C1(C(F)(F)F)CC1. The lowest BCUT2D eigenvalue weighted by molar-refractivity contribution is -0.199. The number of amides is 1. The molecule has 2 heterocycles. The molecule has 1 amide bonds. The van der Waals surface area contributed by atoms with Crippen molar-refractivity contribution in [1.82, 2.24) is 19.9 Å². The van der Waals surface area contributed by atoms with Gasteiger partial charge in [-0.2, -0.15) is 26.3 Å². The number of alkyl halides is 6. The molecule has 1 N–H and O–H groups in total. The van der Waals surface area contributed by atoms with E-state index in [-0.39, 0.29) is 0 Å². The van der Waals surface area contributed by atoms with Crippen LogP contribution in [0.15, 0.2) is 35.5 Å². The minimum absolute atomic E-state index is 0.305. The Bertz CT molecular complexity index is 1270. The number of aliphatic carboxylic acids is 1. The average molecular weight is 526 g/mol. The largest absolute Gasteiger partial charge is 0.480 e. The molecule has 0 radical (unpaired) electrons. The first-order chi connectivity index (χ1) is 16.1. The Kier molecular flexibility index (Phi) is 5.65. The van der Waals surface area contributed by atoms with E-state index in [1.165, 1.54) is 0 Å². The van der Waals surface area contributed by atoms with Crippen LogP contribution < -0.4 is 0 Å². The molecule has 0 unspecified atom stereocenters. The summed E-state index contributed by atoms with van der Waals surface area (Å²) in [5.74, 6) is -3.36. The molecule has 2 aliphatic rings. The third kappa shape index (κ3) is 4.02. The molecular weight excluding hydrogens is 510 g/mol. The summed E-state index contributed by atoms with van der Waals surface area (Å²) in [7, 11) is -4.98. The highest BCUT2D eigenvalue weighted by Gasteiger charge is 2.70. The number of hydrogen-bond donors (Lipinski definition) is 1. The molecule has 0 spiro atoms. The predicted octanol–water partition coefficient (Wildman–Crippen LogP) is 2.46. The van der Waals surface area contributed by atoms with Gasteiger partial charge in [-0.15, -0.1) is 5.10 Å². The van der Waals surface area contributed by atoms with Gasteiger partial charge in [0.2, 0.25) is 5.91 Å². The number of carbonyl (C=O) groups excluding carboxylic acids is 1. The Morgan fingerprint density at radius 1 is 1.11 bits per heavy atom. The summed E-state index contributed by atoms with van der Waals surface area (Å²) in [6, 6.07) is 0.669. The summed E-state index contributed by atoms with van der Waals surface area (Å²) in [5, 5.41) is 14.4. The van der Waals surface area contributed by atoms with Gasteiger partial charge in [0.1, 0.15) is 11.5 Å². The number of benzene rings is 1. The number of aromatic nitrogens is 3. The zero-order valence-corrected chi connectivity index (χ0v) is 18.2. The van der Waals surface area contributed by atoms with Gasteiger partial charge in [0.15, 0.2) is 9.84 Å². The summed E-state index contributed by atoms with van der Waals surface area (Å²) in [6.07, 6.45) is -10.1. The highest BCUT2D eigenvalue weighted by molar-refractivity contribution is 7.92. The molecule has 2 fully saturated rings. The summed E-state index contributed by atoms with van der Waals surface area (Å²) < 4.78 is 110. The molecule has 0 bridgehead atoms. The summed E-state index contributed by atoms with van der Waals surface area (Å²) in [4.78, 5) is 23.5. The summed E-state index contributed by atoms with van der Waals surface area (Å²) in [5.41, 5.74) is -5.09. The molecule has 2 aromatic rings. The lowest BCUT2D eigenvalue weighted by atomic mass is 10.0. The smallest absolute Gasteiger partial charge is 0.419 e. The molecule has 35 heavy (non-hydrogen) atoms. The molecule has 1 aliphatic carbocycles. The number of sulfone groups is 1. The lowest BCUT2D eigenvalue weighted by Gasteiger charge is -2.28. The van der Waals surface area contributed by atoms with Crippen LogP contribution in [-0.4, -0.2) is 69.3 Å². The zero-order chi connectivity index (χ0) is 26.0. The monoisotopic (exact) mass is 526 g/mol. The van der Waals surface area contributed by atoms with Gasteiger partial charge in [0.05, 0.1) is 33.8 Å². The van der Waals surface area contributed by atoms with Crippen LogP contribution in [0.3, 0.4) is 0 Å². The maximum atomic E-state index is 14.0. The van der Waals surface area contributed by atoms with Crippen LogP contribution in [0.4, 0.5) is 26.3 Å². The number of carbonyl (C=O) groups is 2. The highest BCUT2D eigenvalue weighted by atomic mass is 32.2. The fraction of sp³-hybridized carbons (Fsp3) is 0.474. The molecule has 1 aliphatic heterocycles. The first kappa shape index (κ1) is 24.9. The van der Waals surface area contributed by atoms with Crippen molar-refractivity contribution < 1.29 is 49.5 Å². The normalized spacial score (nSPS) is 22.3. The quantitative estimate of drug-likeness (QED) is 0.594. The third-order valence-corrected chi connectivity index (χ3v) is 8.39. The van der Waals surface area contributed by atoms with Crippen molar-refractivity contribution in [1.29, 1.82) is 0 Å². The summed E-state index contributed by atoms with van der Waals surface area (Å²) >= 11 is 0. The second kappa shape index (κ2) is 7.93. The molecule has 9 nitrogen and oxygen atoms in total. The maximum Gasteiger partial charge on any atom is 0.419 e. The molecule has 190 valence electrons. The van der Waals surface area contributed by atoms with Gasteiger partial charge in [0, 0.05) is 6.54 Å². The topological polar surface area (TPSA) is 122 Å². The van der Waals surface area contributed by atoms with Crippen molar-refractivity contribution in [3.63, 3.8) is 0 Å². The van der Waals surface area contributed by atoms with E-state index in [0.717, 1.165) is 24.5 Å². The third-order valence-electron chi connectivity index (χ3n) is 6.21. The van der Waals surface area contributed by atoms with Crippen molar-refractivity contribution in [2.24, 2.45) is 5.41 Å². The van der Waals surface area contributed by atoms with Crippen molar-refractivity contribution in [3.8, 4) is 5.69 Å². The van der Waals surface area contributed by atoms with Gasteiger partial charge in [-0.1, -0.05) is 11.3 Å². The second-order valence-corrected chi connectivity index (χ2v) is 10.5. The van der Waals surface area contributed by atoms with E-state index in [9.17, 15) is 49.5 Å². The predicted molar refractivity (Wildman–Crippen MR) is 103 cm³/mol. The Labute approximate surface area is 193 Å². The number of hydrogen-bond acceptors (Lipinski definition) is 6. The van der Waals surface area contributed by atoms with Crippen LogP contribution in [0.25, 0.3) is 5.69 Å². The molecule has 4 rings (SSSR count). The minimum atomic E-state index is -5.21. The van der Waals surface area contributed by atoms with Crippen molar-refractivity contribution >= 4 is 21.7 Å². The Hall–Kier alpha value is -3.17. The van der Waals surface area contributed by atoms with Crippen molar-refractivity contribution in [2.75, 3.05) is 6.54 Å². The molecule has 1 saturated carbocycles. The lowest BCUT2D eigenvalue weighted by Crippen LogP contribution is -2.48. The fourth-order valence-electron chi connectivity index (χ4n) is 4.25. The van der Waals surface area contributed by atoms with E-state index < -0.39 is 92.7 Å². The van der Waals surface area contributed by atoms with Gasteiger partial charge in [-0.25, -0.2) is 17.9 Å². The van der Waals surface area contributed by atoms with Gasteiger partial charge in [0.25, 0.3) is 0 Å². The Morgan fingerprint density at radius 2 is 1.77 bits per heavy atom. The second-order valence-electron chi connectivity index (χ2n) is 8.29. The van der Waals surface area contributed by atoms with E-state index in [1.54, 1.807) is 0 Å². The number of likely N-dealkylation sites (tertiary alicyclic amines) is 1. The van der Waals surface area contributed by atoms with E-state index in [2.05, 4.69) is 10.3 Å². The van der Waals surface area contributed by atoms with Crippen LogP contribution in [-0.2, 0) is 25.6 Å². The standard InChI is InChI=1S/C19H16F6N4O5S/c20-18(21,22)14-11(29-7-6-26-27-29)2-1-3-13(14)35(33,34)10-8-12(15(30)31)28(9-10)16(32)17(4-5-17)19(23,24)25/h1-3,6-7,10,12H,4-5,8-9H2,(H,30,31)/t10-,12+/m1/s1.